The highest BCUT2D eigenvalue weighted by atomic mass is 35.5. The summed E-state index contributed by atoms with van der Waals surface area (Å²) in [6, 6.07) is 5.31. The Kier molecular flexibility index (Phi) is 7.39. The summed E-state index contributed by atoms with van der Waals surface area (Å²) < 4.78 is 40.0. The van der Waals surface area contributed by atoms with Crippen LogP contribution < -0.4 is 15.1 Å². The molecule has 0 atom stereocenters. The minimum Gasteiger partial charge on any atom is -0.367 e. The molecule has 0 saturated heterocycles. The summed E-state index contributed by atoms with van der Waals surface area (Å²) in [5.74, 6) is -0.672. The summed E-state index contributed by atoms with van der Waals surface area (Å²) in [6.45, 7) is 1.87. The molecule has 1 aliphatic carbocycles. The molecule has 2 aromatic rings. The van der Waals surface area contributed by atoms with Gasteiger partial charge in [0, 0.05) is 43.6 Å². The lowest BCUT2D eigenvalue weighted by Gasteiger charge is -2.37. The highest BCUT2D eigenvalue weighted by Crippen LogP contribution is 2.35. The molecule has 174 valence electrons. The second kappa shape index (κ2) is 9.70. The maximum atomic E-state index is 13.3. The van der Waals surface area contributed by atoms with E-state index in [1.165, 1.54) is 18.2 Å². The van der Waals surface area contributed by atoms with Crippen molar-refractivity contribution in [3.8, 4) is 0 Å². The van der Waals surface area contributed by atoms with Crippen molar-refractivity contribution in [3.05, 3.63) is 40.0 Å². The zero-order chi connectivity index (χ0) is 23.6. The number of amides is 1. The molecule has 32 heavy (non-hydrogen) atoms. The number of aromatic nitrogens is 2. The van der Waals surface area contributed by atoms with Crippen molar-refractivity contribution in [3.63, 3.8) is 0 Å². The molecule has 1 saturated carbocycles. The van der Waals surface area contributed by atoms with Crippen molar-refractivity contribution in [2.75, 3.05) is 29.2 Å². The van der Waals surface area contributed by atoms with E-state index in [-0.39, 0.29) is 21.8 Å². The van der Waals surface area contributed by atoms with Crippen LogP contribution in [0, 0.1) is 6.92 Å². The Labute approximate surface area is 194 Å². The summed E-state index contributed by atoms with van der Waals surface area (Å²) in [7, 11) is 3.69. The first-order chi connectivity index (χ1) is 15.0. The Morgan fingerprint density at radius 2 is 1.72 bits per heavy atom. The van der Waals surface area contributed by atoms with Crippen molar-refractivity contribution in [2.24, 2.45) is 0 Å². The molecule has 1 fully saturated rings. The van der Waals surface area contributed by atoms with Crippen LogP contribution in [0.1, 0.15) is 31.4 Å². The zero-order valence-electron chi connectivity index (χ0n) is 17.9. The van der Waals surface area contributed by atoms with Gasteiger partial charge in [-0.3, -0.25) is 4.79 Å². The van der Waals surface area contributed by atoms with Crippen LogP contribution in [0.25, 0.3) is 0 Å². The third-order valence-corrected chi connectivity index (χ3v) is 6.04. The van der Waals surface area contributed by atoms with Crippen molar-refractivity contribution in [2.45, 2.75) is 50.9 Å². The SMILES string of the molecule is Cc1cc(NC2CCC(N(C(=O)C(F)(F)F)c3ccc(Cl)c(Cl)c3)CC2)nc(N(C)C)n1. The van der Waals surface area contributed by atoms with Gasteiger partial charge in [0.05, 0.1) is 10.0 Å². The van der Waals surface area contributed by atoms with Gasteiger partial charge in [-0.15, -0.1) is 0 Å². The van der Waals surface area contributed by atoms with E-state index in [4.69, 9.17) is 23.2 Å². The minimum absolute atomic E-state index is 0.0206. The number of nitrogens with zero attached hydrogens (tertiary/aromatic N) is 4. The van der Waals surface area contributed by atoms with Gasteiger partial charge in [0.1, 0.15) is 5.82 Å². The lowest BCUT2D eigenvalue weighted by Crippen LogP contribution is -2.49. The van der Waals surface area contributed by atoms with Gasteiger partial charge in [-0.2, -0.15) is 18.2 Å². The van der Waals surface area contributed by atoms with E-state index < -0.39 is 18.1 Å². The standard InChI is InChI=1S/C21H24Cl2F3N5O/c1-12-10-18(29-20(27-12)30(2)3)28-13-4-6-14(7-5-13)31(19(32)21(24,25)26)15-8-9-16(22)17(23)11-15/h8-11,13-14H,4-7H2,1-3H3,(H,27,28,29). The molecule has 11 heteroatoms. The van der Waals surface area contributed by atoms with Gasteiger partial charge in [0.15, 0.2) is 0 Å². The minimum atomic E-state index is -5.00. The first-order valence-corrected chi connectivity index (χ1v) is 10.9. The third kappa shape index (κ3) is 5.75. The Morgan fingerprint density at radius 3 is 2.28 bits per heavy atom. The van der Waals surface area contributed by atoms with E-state index >= 15 is 0 Å². The molecular weight excluding hydrogens is 466 g/mol. The maximum absolute atomic E-state index is 13.3. The van der Waals surface area contributed by atoms with E-state index in [1.54, 1.807) is 4.90 Å². The summed E-state index contributed by atoms with van der Waals surface area (Å²) >= 11 is 11.9. The highest BCUT2D eigenvalue weighted by molar-refractivity contribution is 6.42. The van der Waals surface area contributed by atoms with Crippen LogP contribution in [0.5, 0.6) is 0 Å². The van der Waals surface area contributed by atoms with E-state index in [9.17, 15) is 18.0 Å². The zero-order valence-corrected chi connectivity index (χ0v) is 19.4. The average molecular weight is 490 g/mol. The molecule has 0 spiro atoms. The van der Waals surface area contributed by atoms with Crippen LogP contribution in [-0.2, 0) is 4.79 Å². The molecule has 6 nitrogen and oxygen atoms in total. The largest absolute Gasteiger partial charge is 0.471 e. The van der Waals surface area contributed by atoms with E-state index in [0.29, 0.717) is 37.4 Å². The van der Waals surface area contributed by atoms with E-state index in [1.807, 2.05) is 27.1 Å². The molecule has 0 unspecified atom stereocenters. The van der Waals surface area contributed by atoms with Gasteiger partial charge >= 0.3 is 12.1 Å². The molecule has 1 aromatic carbocycles. The lowest BCUT2D eigenvalue weighted by atomic mass is 9.89. The number of carbonyl (C=O) groups is 1. The normalized spacial score (nSPS) is 18.9. The van der Waals surface area contributed by atoms with Crippen LogP contribution in [-0.4, -0.2) is 48.2 Å². The first kappa shape index (κ1) is 24.4. The van der Waals surface area contributed by atoms with Crippen molar-refractivity contribution >= 4 is 46.6 Å². The highest BCUT2D eigenvalue weighted by Gasteiger charge is 2.46. The van der Waals surface area contributed by atoms with Crippen LogP contribution in [0.2, 0.25) is 10.0 Å². The number of benzene rings is 1. The van der Waals surface area contributed by atoms with Crippen LogP contribution in [0.4, 0.5) is 30.6 Å². The fraction of sp³-hybridized carbons (Fsp3) is 0.476. The lowest BCUT2D eigenvalue weighted by molar-refractivity contribution is -0.171. The number of nitrogens with one attached hydrogen (secondary N) is 1. The third-order valence-electron chi connectivity index (χ3n) is 5.30. The Balaban J connectivity index is 1.75. The van der Waals surface area contributed by atoms with E-state index in [0.717, 1.165) is 10.6 Å². The van der Waals surface area contributed by atoms with Crippen molar-refractivity contribution in [1.82, 2.24) is 9.97 Å². The monoisotopic (exact) mass is 489 g/mol. The molecule has 3 rings (SSSR count). The number of carbonyl (C=O) groups excluding carboxylic acids is 1. The van der Waals surface area contributed by atoms with Gasteiger partial charge < -0.3 is 15.1 Å². The Morgan fingerprint density at radius 1 is 1.06 bits per heavy atom. The second-order valence-corrected chi connectivity index (χ2v) is 8.82. The first-order valence-electron chi connectivity index (χ1n) is 10.1. The van der Waals surface area contributed by atoms with Gasteiger partial charge in [-0.25, -0.2) is 4.98 Å². The molecule has 1 heterocycles. The quantitative estimate of drug-likeness (QED) is 0.602. The summed E-state index contributed by atoms with van der Waals surface area (Å²) in [6.07, 6.45) is -3.06. The topological polar surface area (TPSA) is 61.4 Å². The van der Waals surface area contributed by atoms with Gasteiger partial charge in [0.25, 0.3) is 0 Å². The maximum Gasteiger partial charge on any atom is 0.471 e. The Bertz CT molecular complexity index is 978. The fourth-order valence-electron chi connectivity index (χ4n) is 3.78. The van der Waals surface area contributed by atoms with Crippen LogP contribution >= 0.6 is 23.2 Å². The molecule has 0 aliphatic heterocycles. The molecule has 1 N–H and O–H groups in total. The van der Waals surface area contributed by atoms with E-state index in [2.05, 4.69) is 15.3 Å². The average Bonchev–Trinajstić information content (AvgIpc) is 2.71. The fourth-order valence-corrected chi connectivity index (χ4v) is 4.07. The second-order valence-electron chi connectivity index (χ2n) is 8.01. The predicted molar refractivity (Wildman–Crippen MR) is 121 cm³/mol. The van der Waals surface area contributed by atoms with Crippen molar-refractivity contribution < 1.29 is 18.0 Å². The molecule has 1 aromatic heterocycles. The predicted octanol–water partition coefficient (Wildman–Crippen LogP) is 5.48. The van der Waals surface area contributed by atoms with Gasteiger partial charge in [-0.05, 0) is 50.8 Å². The molecule has 1 aliphatic rings. The molecule has 1 amide bonds. The number of rotatable bonds is 5. The number of alkyl halides is 3. The number of anilines is 3. The number of hydrogen-bond donors (Lipinski definition) is 1. The summed E-state index contributed by atoms with van der Waals surface area (Å²) in [5, 5.41) is 3.65. The smallest absolute Gasteiger partial charge is 0.367 e. The Hall–Kier alpha value is -2.26. The van der Waals surface area contributed by atoms with Gasteiger partial charge in [0.2, 0.25) is 5.95 Å². The number of aryl methyl sites for hydroxylation is 1. The molecule has 0 bridgehead atoms. The number of hydrogen-bond acceptors (Lipinski definition) is 5. The van der Waals surface area contributed by atoms with Crippen LogP contribution in [0.15, 0.2) is 24.3 Å². The summed E-state index contributed by atoms with van der Waals surface area (Å²) in [5.41, 5.74) is 0.890. The van der Waals surface area contributed by atoms with Crippen molar-refractivity contribution in [1.29, 1.82) is 0 Å². The van der Waals surface area contributed by atoms with Crippen LogP contribution in [0.3, 0.4) is 0 Å². The summed E-state index contributed by atoms with van der Waals surface area (Å²) in [4.78, 5) is 23.7. The molecular formula is C21H24Cl2F3N5O. The number of halogens is 5. The van der Waals surface area contributed by atoms with Gasteiger partial charge in [-0.1, -0.05) is 23.2 Å². The molecule has 0 radical (unpaired) electrons.